The lowest BCUT2D eigenvalue weighted by atomic mass is 10.1. The maximum atomic E-state index is 14.0. The molecule has 0 aliphatic heterocycles. The average Bonchev–Trinajstić information content (AvgIpc) is 2.82. The van der Waals surface area contributed by atoms with Crippen LogP contribution in [0.3, 0.4) is 0 Å². The number of amides is 1. The molecule has 0 unspecified atom stereocenters. The number of halogens is 1. The van der Waals surface area contributed by atoms with Gasteiger partial charge in [-0.3, -0.25) is 24.3 Å². The first kappa shape index (κ1) is 24.1. The number of nitrogens with one attached hydrogen (secondary N) is 1. The van der Waals surface area contributed by atoms with Crippen molar-refractivity contribution in [1.29, 1.82) is 0 Å². The quantitative estimate of drug-likeness (QED) is 0.171. The second kappa shape index (κ2) is 10.1. The van der Waals surface area contributed by atoms with E-state index in [2.05, 4.69) is 10.3 Å². The van der Waals surface area contributed by atoms with Gasteiger partial charge in [-0.05, 0) is 55.8 Å². The van der Waals surface area contributed by atoms with E-state index in [9.17, 15) is 24.1 Å². The Bertz CT molecular complexity index is 1490. The number of nitrogens with zero attached hydrogens (tertiary/aromatic N) is 3. The highest BCUT2D eigenvalue weighted by atomic mass is 32.2. The fraction of sp³-hybridized carbons (Fsp3) is 0.160. The number of carbonyl (C=O) groups excluding carboxylic acids is 1. The van der Waals surface area contributed by atoms with Gasteiger partial charge in [-0.2, -0.15) is 0 Å². The van der Waals surface area contributed by atoms with E-state index in [1.807, 2.05) is 13.8 Å². The molecule has 178 valence electrons. The fourth-order valence-electron chi connectivity index (χ4n) is 3.45. The first-order chi connectivity index (χ1) is 16.7. The number of carbonyl (C=O) groups is 1. The number of benzene rings is 3. The molecule has 1 aromatic heterocycles. The zero-order valence-corrected chi connectivity index (χ0v) is 19.7. The predicted octanol–water partition coefficient (Wildman–Crippen LogP) is 4.86. The predicted molar refractivity (Wildman–Crippen MR) is 133 cm³/mol. The van der Waals surface area contributed by atoms with E-state index in [0.29, 0.717) is 27.7 Å². The van der Waals surface area contributed by atoms with E-state index in [0.717, 1.165) is 5.56 Å². The van der Waals surface area contributed by atoms with Crippen molar-refractivity contribution < 1.29 is 14.1 Å². The van der Waals surface area contributed by atoms with Crippen molar-refractivity contribution in [3.8, 4) is 5.69 Å². The second-order valence-corrected chi connectivity index (χ2v) is 9.03. The molecule has 0 aliphatic carbocycles. The highest BCUT2D eigenvalue weighted by Crippen LogP contribution is 2.26. The Morgan fingerprint density at radius 1 is 1.14 bits per heavy atom. The van der Waals surface area contributed by atoms with Crippen LogP contribution in [0.2, 0.25) is 0 Å². The number of hydrogen-bond donors (Lipinski definition) is 1. The molecule has 4 aromatic rings. The molecule has 8 nitrogen and oxygen atoms in total. The third-order valence-corrected chi connectivity index (χ3v) is 6.11. The highest BCUT2D eigenvalue weighted by Gasteiger charge is 2.17. The van der Waals surface area contributed by atoms with E-state index in [1.54, 1.807) is 36.4 Å². The molecule has 0 atom stereocenters. The number of non-ortho nitro benzene ring substituents is 1. The Hall–Kier alpha value is -4.05. The Labute approximate surface area is 204 Å². The summed E-state index contributed by atoms with van der Waals surface area (Å²) in [4.78, 5) is 41.0. The Kier molecular flexibility index (Phi) is 6.92. The maximum absolute atomic E-state index is 14.0. The summed E-state index contributed by atoms with van der Waals surface area (Å²) in [6, 6.07) is 16.3. The standard InChI is InChI=1S/C25H21FN4O4S/c1-15(2)27-23(31)17-8-11-21-22(12-17)28-25(29(24(21)32)20-5-3-4-18(26)13-20)35-14-16-6-9-19(10-7-16)30(33)34/h3-13,15H,14H2,1-2H3,(H,27,31). The topological polar surface area (TPSA) is 107 Å². The van der Waals surface area contributed by atoms with Gasteiger partial charge in [0.2, 0.25) is 0 Å². The molecule has 1 amide bonds. The number of hydrogen-bond acceptors (Lipinski definition) is 6. The van der Waals surface area contributed by atoms with E-state index >= 15 is 0 Å². The maximum Gasteiger partial charge on any atom is 0.269 e. The number of thioether (sulfide) groups is 1. The summed E-state index contributed by atoms with van der Waals surface area (Å²) < 4.78 is 15.3. The molecule has 0 spiro atoms. The van der Waals surface area contributed by atoms with Gasteiger partial charge in [-0.15, -0.1) is 0 Å². The van der Waals surface area contributed by atoms with Crippen LogP contribution >= 0.6 is 11.8 Å². The monoisotopic (exact) mass is 492 g/mol. The highest BCUT2D eigenvalue weighted by molar-refractivity contribution is 7.98. The lowest BCUT2D eigenvalue weighted by Crippen LogP contribution is -2.30. The number of nitro benzene ring substituents is 1. The molecule has 0 radical (unpaired) electrons. The van der Waals surface area contributed by atoms with Crippen molar-refractivity contribution >= 4 is 34.3 Å². The second-order valence-electron chi connectivity index (χ2n) is 8.09. The molecule has 35 heavy (non-hydrogen) atoms. The zero-order chi connectivity index (χ0) is 25.1. The fourth-order valence-corrected chi connectivity index (χ4v) is 4.42. The van der Waals surface area contributed by atoms with Crippen molar-refractivity contribution in [2.24, 2.45) is 0 Å². The molecule has 0 aliphatic rings. The van der Waals surface area contributed by atoms with Gasteiger partial charge in [-0.1, -0.05) is 30.0 Å². The van der Waals surface area contributed by atoms with Crippen molar-refractivity contribution in [3.05, 3.63) is 104 Å². The van der Waals surface area contributed by atoms with Crippen molar-refractivity contribution in [3.63, 3.8) is 0 Å². The molecule has 1 heterocycles. The van der Waals surface area contributed by atoms with Crippen LogP contribution < -0.4 is 10.9 Å². The smallest absolute Gasteiger partial charge is 0.269 e. The molecule has 4 rings (SSSR count). The van der Waals surface area contributed by atoms with Crippen molar-refractivity contribution in [2.75, 3.05) is 0 Å². The van der Waals surface area contributed by atoms with Gasteiger partial charge in [0.15, 0.2) is 5.16 Å². The summed E-state index contributed by atoms with van der Waals surface area (Å²) in [6.45, 7) is 3.70. The van der Waals surface area contributed by atoms with Crippen LogP contribution in [-0.2, 0) is 5.75 Å². The van der Waals surface area contributed by atoms with E-state index in [4.69, 9.17) is 0 Å². The minimum atomic E-state index is -0.499. The third-order valence-electron chi connectivity index (χ3n) is 5.10. The lowest BCUT2D eigenvalue weighted by molar-refractivity contribution is -0.384. The molecule has 0 saturated carbocycles. The van der Waals surface area contributed by atoms with Crippen LogP contribution in [0.4, 0.5) is 10.1 Å². The number of aromatic nitrogens is 2. The summed E-state index contributed by atoms with van der Waals surface area (Å²) in [7, 11) is 0. The summed E-state index contributed by atoms with van der Waals surface area (Å²) in [5.41, 5.74) is 1.38. The normalized spacial score (nSPS) is 11.1. The Morgan fingerprint density at radius 2 is 1.89 bits per heavy atom. The molecular formula is C25H21FN4O4S. The van der Waals surface area contributed by atoms with Crippen molar-refractivity contribution in [2.45, 2.75) is 30.8 Å². The van der Waals surface area contributed by atoms with E-state index in [1.165, 1.54) is 46.7 Å². The molecular weight excluding hydrogens is 471 g/mol. The van der Waals surface area contributed by atoms with Gasteiger partial charge in [-0.25, -0.2) is 9.37 Å². The van der Waals surface area contributed by atoms with Crippen LogP contribution in [0.25, 0.3) is 16.6 Å². The first-order valence-electron chi connectivity index (χ1n) is 10.7. The Balaban J connectivity index is 1.79. The molecule has 1 N–H and O–H groups in total. The number of nitro groups is 1. The molecule has 10 heteroatoms. The van der Waals surface area contributed by atoms with Gasteiger partial charge >= 0.3 is 0 Å². The Morgan fingerprint density at radius 3 is 2.54 bits per heavy atom. The number of fused-ring (bicyclic) bond motifs is 1. The molecule has 0 saturated heterocycles. The minimum absolute atomic E-state index is 0.0218. The van der Waals surface area contributed by atoms with Crippen LogP contribution in [0.1, 0.15) is 29.8 Å². The molecule has 0 fully saturated rings. The van der Waals surface area contributed by atoms with Crippen LogP contribution in [0.5, 0.6) is 0 Å². The van der Waals surface area contributed by atoms with E-state index < -0.39 is 16.3 Å². The summed E-state index contributed by atoms with van der Waals surface area (Å²) >= 11 is 1.23. The lowest BCUT2D eigenvalue weighted by Gasteiger charge is -2.14. The van der Waals surface area contributed by atoms with Gasteiger partial charge in [0, 0.05) is 29.5 Å². The van der Waals surface area contributed by atoms with Crippen LogP contribution in [-0.4, -0.2) is 26.4 Å². The largest absolute Gasteiger partial charge is 0.350 e. The summed E-state index contributed by atoms with van der Waals surface area (Å²) in [5, 5.41) is 14.3. The van der Waals surface area contributed by atoms with Gasteiger partial charge in [0.05, 0.1) is 21.5 Å². The van der Waals surface area contributed by atoms with E-state index in [-0.39, 0.29) is 23.0 Å². The first-order valence-corrected chi connectivity index (χ1v) is 11.7. The number of rotatable bonds is 7. The SMILES string of the molecule is CC(C)NC(=O)c1ccc2c(=O)n(-c3cccc(F)c3)c(SCc3ccc([N+](=O)[O-])cc3)nc2c1. The minimum Gasteiger partial charge on any atom is -0.350 e. The molecule has 3 aromatic carbocycles. The van der Waals surface area contributed by atoms with Crippen LogP contribution in [0, 0.1) is 15.9 Å². The summed E-state index contributed by atoms with van der Waals surface area (Å²) in [5.74, 6) is -0.418. The van der Waals surface area contributed by atoms with Gasteiger partial charge < -0.3 is 5.32 Å². The molecule has 0 bridgehead atoms. The van der Waals surface area contributed by atoms with Gasteiger partial charge in [0.25, 0.3) is 17.2 Å². The third kappa shape index (κ3) is 5.38. The van der Waals surface area contributed by atoms with Crippen LogP contribution in [0.15, 0.2) is 76.7 Å². The average molecular weight is 493 g/mol. The zero-order valence-electron chi connectivity index (χ0n) is 18.9. The summed E-state index contributed by atoms with van der Waals surface area (Å²) in [6.07, 6.45) is 0. The van der Waals surface area contributed by atoms with Crippen molar-refractivity contribution in [1.82, 2.24) is 14.9 Å². The van der Waals surface area contributed by atoms with Gasteiger partial charge in [0.1, 0.15) is 5.82 Å².